The van der Waals surface area contributed by atoms with Crippen molar-refractivity contribution in [2.45, 2.75) is 26.2 Å². The van der Waals surface area contributed by atoms with Crippen LogP contribution in [0.5, 0.6) is 0 Å². The van der Waals surface area contributed by atoms with Gasteiger partial charge in [-0.05, 0) is 5.41 Å². The molecule has 2 heterocycles. The summed E-state index contributed by atoms with van der Waals surface area (Å²) in [5, 5.41) is 1.09. The zero-order valence-corrected chi connectivity index (χ0v) is 11.9. The van der Waals surface area contributed by atoms with Gasteiger partial charge >= 0.3 is 5.97 Å². The topological polar surface area (TPSA) is 93.9 Å². The second kappa shape index (κ2) is 4.38. The number of carbonyl (C=O) groups is 1. The number of nitrogens with one attached hydrogen (secondary N) is 1. The van der Waals surface area contributed by atoms with Gasteiger partial charge in [-0.15, -0.1) is 0 Å². The Morgan fingerprint density at radius 1 is 1.37 bits per heavy atom. The van der Waals surface area contributed by atoms with Crippen molar-refractivity contribution in [1.29, 1.82) is 0 Å². The summed E-state index contributed by atoms with van der Waals surface area (Å²) in [4.78, 5) is 22.4. The number of halogens is 1. The number of H-pyrrole nitrogens is 1. The molecule has 0 aliphatic heterocycles. The predicted octanol–water partition coefficient (Wildman–Crippen LogP) is 2.28. The van der Waals surface area contributed by atoms with Crippen LogP contribution < -0.4 is 5.73 Å². The van der Waals surface area contributed by atoms with Crippen LogP contribution >= 0.6 is 11.6 Å². The van der Waals surface area contributed by atoms with Gasteiger partial charge in [-0.1, -0.05) is 32.4 Å². The number of aromatic amines is 1. The summed E-state index contributed by atoms with van der Waals surface area (Å²) >= 11 is 6.19. The molecule has 2 aromatic rings. The van der Waals surface area contributed by atoms with Gasteiger partial charge in [0.25, 0.3) is 0 Å². The summed E-state index contributed by atoms with van der Waals surface area (Å²) in [6.45, 7) is 6.03. The van der Waals surface area contributed by atoms with Gasteiger partial charge < -0.3 is 15.5 Å². The van der Waals surface area contributed by atoms with E-state index in [4.69, 9.17) is 17.3 Å². The summed E-state index contributed by atoms with van der Waals surface area (Å²) in [6, 6.07) is 0. The average molecular weight is 283 g/mol. The standard InChI is InChI=1S/C12H15ClN4O2/c1-12(2,3)6-5-8(14)16-10(11(18)19-4)17-9(5)15-7(6)13/h1-4H3,(H3,14,15,16,17). The molecule has 0 aliphatic rings. The number of esters is 1. The fraction of sp³-hybridized carbons (Fsp3) is 0.417. The lowest BCUT2D eigenvalue weighted by atomic mass is 9.87. The van der Waals surface area contributed by atoms with Gasteiger partial charge in [0.1, 0.15) is 16.6 Å². The number of anilines is 1. The number of ether oxygens (including phenoxy) is 1. The van der Waals surface area contributed by atoms with E-state index in [0.29, 0.717) is 16.2 Å². The molecule has 7 heteroatoms. The molecule has 0 atom stereocenters. The number of carbonyl (C=O) groups excluding carboxylic acids is 1. The van der Waals surface area contributed by atoms with Gasteiger partial charge in [-0.3, -0.25) is 0 Å². The number of nitrogen functional groups attached to an aromatic ring is 1. The Kier molecular flexibility index (Phi) is 3.14. The number of hydrogen-bond donors (Lipinski definition) is 2. The Bertz CT molecular complexity index is 658. The average Bonchev–Trinajstić information content (AvgIpc) is 2.64. The maximum Gasteiger partial charge on any atom is 0.376 e. The molecule has 0 aromatic carbocycles. The van der Waals surface area contributed by atoms with E-state index in [1.807, 2.05) is 20.8 Å². The van der Waals surface area contributed by atoms with Crippen molar-refractivity contribution < 1.29 is 9.53 Å². The summed E-state index contributed by atoms with van der Waals surface area (Å²) in [7, 11) is 1.26. The molecule has 3 N–H and O–H groups in total. The SMILES string of the molecule is COC(=O)c1nc(N)c2c(C(C)(C)C)c(Cl)[nH]c2n1. The Hall–Kier alpha value is -1.82. The maximum atomic E-state index is 11.4. The minimum absolute atomic E-state index is 0.0918. The molecular weight excluding hydrogens is 268 g/mol. The lowest BCUT2D eigenvalue weighted by Gasteiger charge is -2.18. The van der Waals surface area contributed by atoms with Crippen LogP contribution in [-0.4, -0.2) is 28.0 Å². The highest BCUT2D eigenvalue weighted by Gasteiger charge is 2.26. The van der Waals surface area contributed by atoms with Crippen molar-refractivity contribution in [3.8, 4) is 0 Å². The van der Waals surface area contributed by atoms with E-state index < -0.39 is 5.97 Å². The summed E-state index contributed by atoms with van der Waals surface area (Å²) in [5.74, 6) is -0.527. The smallest absolute Gasteiger partial charge is 0.376 e. The van der Waals surface area contributed by atoms with Crippen LogP contribution in [0.15, 0.2) is 0 Å². The van der Waals surface area contributed by atoms with Crippen LogP contribution in [0.2, 0.25) is 5.15 Å². The second-order valence-electron chi connectivity index (χ2n) is 5.21. The van der Waals surface area contributed by atoms with Crippen molar-refractivity contribution in [2.75, 3.05) is 12.8 Å². The van der Waals surface area contributed by atoms with Crippen LogP contribution in [0.4, 0.5) is 5.82 Å². The molecule has 102 valence electrons. The number of hydrogen-bond acceptors (Lipinski definition) is 5. The van der Waals surface area contributed by atoms with Gasteiger partial charge in [0, 0.05) is 5.56 Å². The minimum atomic E-state index is -0.642. The van der Waals surface area contributed by atoms with Crippen molar-refractivity contribution in [2.24, 2.45) is 0 Å². The fourth-order valence-electron chi connectivity index (χ4n) is 1.98. The lowest BCUT2D eigenvalue weighted by Crippen LogP contribution is -2.13. The van der Waals surface area contributed by atoms with Gasteiger partial charge in [0.15, 0.2) is 0 Å². The van der Waals surface area contributed by atoms with Crippen molar-refractivity contribution >= 4 is 34.4 Å². The first kappa shape index (κ1) is 13.6. The molecule has 0 saturated carbocycles. The molecule has 2 aromatic heterocycles. The second-order valence-corrected chi connectivity index (χ2v) is 5.59. The minimum Gasteiger partial charge on any atom is -0.463 e. The number of methoxy groups -OCH3 is 1. The highest BCUT2D eigenvalue weighted by Crippen LogP contribution is 2.37. The molecule has 6 nitrogen and oxygen atoms in total. The van der Waals surface area contributed by atoms with E-state index in [1.165, 1.54) is 7.11 Å². The molecule has 2 rings (SSSR count). The predicted molar refractivity (Wildman–Crippen MR) is 73.4 cm³/mol. The summed E-state index contributed by atoms with van der Waals surface area (Å²) in [6.07, 6.45) is 0. The number of aromatic nitrogens is 3. The quantitative estimate of drug-likeness (QED) is 0.783. The molecule has 0 unspecified atom stereocenters. The van der Waals surface area contributed by atoms with Crippen LogP contribution in [-0.2, 0) is 10.2 Å². The van der Waals surface area contributed by atoms with Crippen molar-refractivity contribution in [1.82, 2.24) is 15.0 Å². The first-order valence-electron chi connectivity index (χ1n) is 5.69. The lowest BCUT2D eigenvalue weighted by molar-refractivity contribution is 0.0587. The zero-order chi connectivity index (χ0) is 14.4. The van der Waals surface area contributed by atoms with Gasteiger partial charge in [0.2, 0.25) is 5.82 Å². The Morgan fingerprint density at radius 3 is 2.53 bits per heavy atom. The molecule has 19 heavy (non-hydrogen) atoms. The molecule has 0 bridgehead atoms. The molecule has 0 aliphatic carbocycles. The van der Waals surface area contributed by atoms with Crippen LogP contribution in [0.25, 0.3) is 11.0 Å². The van der Waals surface area contributed by atoms with E-state index in [2.05, 4.69) is 19.7 Å². The van der Waals surface area contributed by atoms with Crippen molar-refractivity contribution in [3.05, 3.63) is 16.5 Å². The van der Waals surface area contributed by atoms with Gasteiger partial charge in [0.05, 0.1) is 12.5 Å². The largest absolute Gasteiger partial charge is 0.463 e. The first-order valence-corrected chi connectivity index (χ1v) is 6.07. The van der Waals surface area contributed by atoms with Gasteiger partial charge in [-0.25, -0.2) is 14.8 Å². The highest BCUT2D eigenvalue weighted by molar-refractivity contribution is 6.32. The first-order chi connectivity index (χ1) is 8.75. The van der Waals surface area contributed by atoms with Crippen LogP contribution in [0.1, 0.15) is 37.0 Å². The van der Waals surface area contributed by atoms with Gasteiger partial charge in [-0.2, -0.15) is 0 Å². The monoisotopic (exact) mass is 282 g/mol. The zero-order valence-electron chi connectivity index (χ0n) is 11.2. The van der Waals surface area contributed by atoms with E-state index in [-0.39, 0.29) is 17.1 Å². The summed E-state index contributed by atoms with van der Waals surface area (Å²) < 4.78 is 4.58. The number of rotatable bonds is 1. The number of fused-ring (bicyclic) bond motifs is 1. The fourth-order valence-corrected chi connectivity index (χ4v) is 2.45. The molecule has 0 amide bonds. The van der Waals surface area contributed by atoms with Crippen molar-refractivity contribution in [3.63, 3.8) is 0 Å². The van der Waals surface area contributed by atoms with Crippen LogP contribution in [0, 0.1) is 0 Å². The number of nitrogens with two attached hydrogens (primary N) is 1. The Morgan fingerprint density at radius 2 is 2.00 bits per heavy atom. The summed E-state index contributed by atoms with van der Waals surface area (Å²) in [5.41, 5.74) is 6.96. The normalized spacial score (nSPS) is 11.8. The maximum absolute atomic E-state index is 11.4. The van der Waals surface area contributed by atoms with E-state index in [9.17, 15) is 4.79 Å². The third-order valence-electron chi connectivity index (χ3n) is 2.75. The third-order valence-corrected chi connectivity index (χ3v) is 3.04. The molecule has 0 radical (unpaired) electrons. The van der Waals surface area contributed by atoms with E-state index in [1.54, 1.807) is 0 Å². The molecule has 0 spiro atoms. The molecule has 0 saturated heterocycles. The highest BCUT2D eigenvalue weighted by atomic mass is 35.5. The third kappa shape index (κ3) is 2.23. The Labute approximate surface area is 115 Å². The molecular formula is C12H15ClN4O2. The Balaban J connectivity index is 2.78. The van der Waals surface area contributed by atoms with E-state index in [0.717, 1.165) is 5.56 Å². The molecule has 0 fully saturated rings. The van der Waals surface area contributed by atoms with Crippen LogP contribution in [0.3, 0.4) is 0 Å². The number of nitrogens with zero attached hydrogens (tertiary/aromatic N) is 2. The van der Waals surface area contributed by atoms with E-state index >= 15 is 0 Å².